The number of allylic oxidation sites excluding steroid dienone is 3. The Morgan fingerprint density at radius 1 is 1.13 bits per heavy atom. The molecule has 0 saturated carbocycles. The minimum atomic E-state index is -0.657. The van der Waals surface area contributed by atoms with Crippen molar-refractivity contribution < 1.29 is 33.3 Å². The number of ether oxygens (including phenoxy) is 4. The molecule has 0 aliphatic carbocycles. The van der Waals surface area contributed by atoms with Crippen LogP contribution < -0.4 is 37.8 Å². The van der Waals surface area contributed by atoms with Gasteiger partial charge < -0.3 is 40.0 Å². The zero-order chi connectivity index (χ0) is 45.6. The van der Waals surface area contributed by atoms with E-state index in [1.807, 2.05) is 52.0 Å². The molecule has 1 aromatic carbocycles. The predicted octanol–water partition coefficient (Wildman–Crippen LogP) is 3.45. The molecule has 0 radical (unpaired) electrons. The van der Waals surface area contributed by atoms with Gasteiger partial charge in [-0.1, -0.05) is 32.1 Å². The van der Waals surface area contributed by atoms with Crippen LogP contribution in [0.2, 0.25) is 0 Å². The van der Waals surface area contributed by atoms with E-state index in [1.54, 1.807) is 41.9 Å². The fraction of sp³-hybridized carbons (Fsp3) is 0.488. The van der Waals surface area contributed by atoms with Crippen LogP contribution in [0.25, 0.3) is 11.0 Å². The van der Waals surface area contributed by atoms with E-state index in [9.17, 15) is 14.4 Å². The number of methoxy groups -OCH3 is 1. The van der Waals surface area contributed by atoms with Gasteiger partial charge in [0.1, 0.15) is 28.8 Å². The number of imidazole rings is 1. The Hall–Kier alpha value is -5.51. The number of morpholine rings is 1. The van der Waals surface area contributed by atoms with E-state index < -0.39 is 17.7 Å². The maximum Gasteiger partial charge on any atom is 0.288 e. The summed E-state index contributed by atoms with van der Waals surface area (Å²) >= 11 is 4.74. The van der Waals surface area contributed by atoms with Gasteiger partial charge in [0.2, 0.25) is 11.9 Å². The Morgan fingerprint density at radius 2 is 1.89 bits per heavy atom. The number of anilines is 2. The molecule has 8 N–H and O–H groups in total. The molecule has 4 heterocycles. The number of aliphatic imine (C=N–C) groups is 1. The lowest BCUT2D eigenvalue weighted by Gasteiger charge is -2.26. The largest absolute Gasteiger partial charge is 0.491 e. The molecule has 19 nitrogen and oxygen atoms in total. The second kappa shape index (κ2) is 23.3. The minimum absolute atomic E-state index is 0.0663. The fourth-order valence-corrected chi connectivity index (χ4v) is 7.04. The number of nitrogens with two attached hydrogens (primary N) is 3. The minimum Gasteiger partial charge on any atom is -0.491 e. The van der Waals surface area contributed by atoms with Gasteiger partial charge in [0, 0.05) is 74.3 Å². The van der Waals surface area contributed by atoms with E-state index in [1.165, 1.54) is 11.1 Å². The Labute approximate surface area is 374 Å². The Kier molecular flexibility index (Phi) is 17.9. The van der Waals surface area contributed by atoms with Crippen LogP contribution in [-0.4, -0.2) is 120 Å². The number of hydrogen-bond donors (Lipinski definition) is 6. The molecule has 0 spiro atoms. The number of benzene rings is 1. The molecule has 63 heavy (non-hydrogen) atoms. The van der Waals surface area contributed by atoms with E-state index in [4.69, 9.17) is 53.9 Å². The molecule has 0 bridgehead atoms. The summed E-state index contributed by atoms with van der Waals surface area (Å²) in [5.41, 5.74) is 17.3. The first-order valence-electron chi connectivity index (χ1n) is 21.2. The molecular weight excluding hydrogens is 829 g/mol. The van der Waals surface area contributed by atoms with Crippen molar-refractivity contribution in [3.8, 4) is 5.75 Å². The number of carbonyl (C=O) groups excluding carboxylic acids is 3. The number of rotatable bonds is 23. The van der Waals surface area contributed by atoms with Crippen LogP contribution in [0.1, 0.15) is 69.5 Å². The third-order valence-corrected chi connectivity index (χ3v) is 10.6. The maximum absolute atomic E-state index is 14.0. The monoisotopic (exact) mass is 890 g/mol. The molecule has 5 rings (SSSR count). The number of thiol groups is 1. The van der Waals surface area contributed by atoms with Crippen molar-refractivity contribution in [2.24, 2.45) is 28.2 Å². The van der Waals surface area contributed by atoms with Crippen molar-refractivity contribution in [2.75, 3.05) is 76.5 Å². The van der Waals surface area contributed by atoms with E-state index >= 15 is 0 Å². The molecule has 2 aliphatic rings. The number of nitrogens with zero attached hydrogens (tertiary/aromatic N) is 7. The van der Waals surface area contributed by atoms with Crippen LogP contribution in [0.5, 0.6) is 5.75 Å². The second-order valence-electron chi connectivity index (χ2n) is 15.1. The molecule has 3 amide bonds. The van der Waals surface area contributed by atoms with E-state index in [0.29, 0.717) is 72.5 Å². The smallest absolute Gasteiger partial charge is 0.288 e. The van der Waals surface area contributed by atoms with Crippen molar-refractivity contribution in [2.45, 2.75) is 71.3 Å². The Morgan fingerprint density at radius 3 is 2.52 bits per heavy atom. The normalized spacial score (nSPS) is 17.8. The van der Waals surface area contributed by atoms with Gasteiger partial charge in [0.15, 0.2) is 12.1 Å². The lowest BCUT2D eigenvalue weighted by atomic mass is 10.1. The number of fused-ring (bicyclic) bond motifs is 1. The van der Waals surface area contributed by atoms with Gasteiger partial charge in [-0.3, -0.25) is 40.0 Å². The van der Waals surface area contributed by atoms with Gasteiger partial charge in [-0.15, -0.1) is 12.6 Å². The summed E-state index contributed by atoms with van der Waals surface area (Å²) in [4.78, 5) is 56.8. The molecule has 2 fully saturated rings. The molecule has 3 unspecified atom stereocenters. The number of likely N-dealkylation sites (N-methyl/N-ethyl adjacent to an activating group) is 1. The first-order valence-corrected chi connectivity index (χ1v) is 21.6. The van der Waals surface area contributed by atoms with Gasteiger partial charge in [-0.2, -0.15) is 0 Å². The number of aromatic nitrogens is 3. The zero-order valence-electron chi connectivity index (χ0n) is 37.0. The van der Waals surface area contributed by atoms with Crippen LogP contribution in [0.15, 0.2) is 70.0 Å². The van der Waals surface area contributed by atoms with E-state index in [2.05, 4.69) is 25.6 Å². The number of hydrazine groups is 2. The third kappa shape index (κ3) is 13.3. The average Bonchev–Trinajstić information content (AvgIpc) is 3.98. The van der Waals surface area contributed by atoms with Gasteiger partial charge in [0.25, 0.3) is 11.8 Å². The molecule has 2 aliphatic heterocycles. The standard InChI is InChI=1S/C43H62N12O7S/c1-7-27(4)21-33(54(46)9-3)41(58)50-43-49-31-23-29(38(45)56)24-34(61-18-12-13-52-16-19-60-20-17-52)36(31)53(43)14-10-11-15-55(51-40(57)32(47-8-2)22-28(5)44)39-35(63)25-30(26-48-39)37-42(59-6)62-37/h10-11,21-27,37,42,63H,7-9,12-20,44,46H2,1-6H3,(H2,45,56)(H,51,57)(H,49,50,58)/b11-10+,28-22-,33-21-,47-32?. The molecule has 2 saturated heterocycles. The molecule has 20 heteroatoms. The van der Waals surface area contributed by atoms with Gasteiger partial charge in [0.05, 0.1) is 31.9 Å². The zero-order valence-corrected chi connectivity index (χ0v) is 37.9. The summed E-state index contributed by atoms with van der Waals surface area (Å²) < 4.78 is 24.5. The van der Waals surface area contributed by atoms with Crippen LogP contribution in [0.4, 0.5) is 11.8 Å². The highest BCUT2D eigenvalue weighted by Crippen LogP contribution is 2.40. The quantitative estimate of drug-likeness (QED) is 0.0117. The van der Waals surface area contributed by atoms with Gasteiger partial charge >= 0.3 is 0 Å². The molecule has 3 aromatic rings. The topological polar surface area (TPSA) is 246 Å². The number of carbonyl (C=O) groups is 3. The Bertz CT molecular complexity index is 2200. The third-order valence-electron chi connectivity index (χ3n) is 10.3. The van der Waals surface area contributed by atoms with Crippen molar-refractivity contribution >= 4 is 58.9 Å². The summed E-state index contributed by atoms with van der Waals surface area (Å²) in [6, 6.07) is 4.97. The summed E-state index contributed by atoms with van der Waals surface area (Å²) in [5.74, 6) is 5.66. The molecular formula is C43H62N12O7S. The van der Waals surface area contributed by atoms with Crippen LogP contribution in [-0.2, 0) is 30.3 Å². The lowest BCUT2D eigenvalue weighted by molar-refractivity contribution is -0.115. The molecule has 3 atom stereocenters. The van der Waals surface area contributed by atoms with Crippen molar-refractivity contribution in [3.63, 3.8) is 0 Å². The fourth-order valence-electron chi connectivity index (χ4n) is 6.71. The second-order valence-corrected chi connectivity index (χ2v) is 15.6. The van der Waals surface area contributed by atoms with Crippen LogP contribution in [0, 0.1) is 5.92 Å². The molecule has 342 valence electrons. The van der Waals surface area contributed by atoms with Crippen LogP contribution >= 0.6 is 12.6 Å². The number of amides is 3. The number of primary amides is 1. The highest BCUT2D eigenvalue weighted by atomic mass is 32.1. The van der Waals surface area contributed by atoms with Crippen LogP contribution in [0.3, 0.4) is 0 Å². The van der Waals surface area contributed by atoms with Crippen molar-refractivity contribution in [3.05, 3.63) is 71.2 Å². The summed E-state index contributed by atoms with van der Waals surface area (Å²) in [7, 11) is 1.57. The first kappa shape index (κ1) is 48.5. The highest BCUT2D eigenvalue weighted by Gasteiger charge is 2.41. The first-order chi connectivity index (χ1) is 30.3. The van der Waals surface area contributed by atoms with Gasteiger partial charge in [-0.25, -0.2) is 15.8 Å². The summed E-state index contributed by atoms with van der Waals surface area (Å²) in [6.45, 7) is 14.6. The number of nitrogens with one attached hydrogen (secondary N) is 2. The summed E-state index contributed by atoms with van der Waals surface area (Å²) in [5, 5.41) is 5.90. The van der Waals surface area contributed by atoms with Crippen molar-refractivity contribution in [1.82, 2.24) is 29.9 Å². The average molecular weight is 891 g/mol. The maximum atomic E-state index is 14.0. The van der Waals surface area contributed by atoms with E-state index in [-0.39, 0.29) is 54.3 Å². The predicted molar refractivity (Wildman–Crippen MR) is 245 cm³/mol. The number of hydrogen-bond acceptors (Lipinski definition) is 16. The Balaban J connectivity index is 1.51. The number of epoxide rings is 1. The summed E-state index contributed by atoms with van der Waals surface area (Å²) in [6.07, 6.45) is 9.49. The molecule has 2 aromatic heterocycles. The number of pyridine rings is 1. The van der Waals surface area contributed by atoms with Crippen molar-refractivity contribution in [1.29, 1.82) is 0 Å². The highest BCUT2D eigenvalue weighted by molar-refractivity contribution is 7.80. The van der Waals surface area contributed by atoms with E-state index in [0.717, 1.165) is 31.6 Å². The SMILES string of the molecule is CCN=C(/C=C(/C)N)C(=O)NN(C/C=C/Cn1c(NC(=O)/C(=C/C(C)CC)N(N)CC)nc2cc(C(N)=O)cc(OCCCN3CCOCC3)c21)c1ncc(C2OC2OC)cc1S. The van der Waals surface area contributed by atoms with Gasteiger partial charge in [-0.05, 0) is 63.8 Å². The lowest BCUT2D eigenvalue weighted by Crippen LogP contribution is -2.46.